The van der Waals surface area contributed by atoms with Crippen molar-refractivity contribution in [3.05, 3.63) is 33.8 Å². The molecule has 108 valence electrons. The molecular weight excluding hydrogens is 315 g/mol. The Hall–Kier alpha value is -1.12. The molecule has 0 aliphatic rings. The van der Waals surface area contributed by atoms with Crippen LogP contribution in [0.4, 0.5) is 39.5 Å². The number of halogens is 10. The molecule has 0 unspecified atom stereocenters. The van der Waals surface area contributed by atoms with Gasteiger partial charge in [0.15, 0.2) is 0 Å². The fraction of sp³-hybridized carbons (Fsp3) is 0.333. The second kappa shape index (κ2) is 4.46. The number of hydrogen-bond donors (Lipinski definition) is 0. The van der Waals surface area contributed by atoms with Crippen molar-refractivity contribution < 1.29 is 39.5 Å². The van der Waals surface area contributed by atoms with E-state index in [2.05, 4.69) is 0 Å². The lowest BCUT2D eigenvalue weighted by atomic mass is 10.0. The van der Waals surface area contributed by atoms with Gasteiger partial charge in [0, 0.05) is 0 Å². The zero-order chi connectivity index (χ0) is 15.2. The summed E-state index contributed by atoms with van der Waals surface area (Å²) in [6.07, 6.45) is -16.4. The monoisotopic (exact) mass is 316 g/mol. The van der Waals surface area contributed by atoms with E-state index in [-0.39, 0.29) is 12.1 Å². The van der Waals surface area contributed by atoms with Gasteiger partial charge < -0.3 is 0 Å². The molecule has 1 rings (SSSR count). The molecule has 0 aliphatic carbocycles. The van der Waals surface area contributed by atoms with E-state index < -0.39 is 40.2 Å². The average Bonchev–Trinajstić information content (AvgIpc) is 2.11. The van der Waals surface area contributed by atoms with Gasteiger partial charge in [-0.1, -0.05) is 11.6 Å². The Labute approximate surface area is 104 Å². The third-order valence-corrected chi connectivity index (χ3v) is 2.43. The molecule has 1 aromatic carbocycles. The molecule has 0 fully saturated rings. The topological polar surface area (TPSA) is 0 Å². The van der Waals surface area contributed by atoms with Crippen molar-refractivity contribution in [3.63, 3.8) is 0 Å². The van der Waals surface area contributed by atoms with Gasteiger partial charge in [-0.25, -0.2) is 0 Å². The van der Waals surface area contributed by atoms with Crippen molar-refractivity contribution in [1.29, 1.82) is 0 Å². The van der Waals surface area contributed by atoms with Crippen molar-refractivity contribution in [2.75, 3.05) is 0 Å². The molecule has 0 aromatic heterocycles. The lowest BCUT2D eigenvalue weighted by Gasteiger charge is -2.19. The van der Waals surface area contributed by atoms with Gasteiger partial charge in [0.05, 0.1) is 21.7 Å². The third kappa shape index (κ3) is 3.26. The van der Waals surface area contributed by atoms with Crippen LogP contribution in [0.5, 0.6) is 0 Å². The summed E-state index contributed by atoms with van der Waals surface area (Å²) in [6, 6.07) is -0.433. The molecule has 10 heteroatoms. The van der Waals surface area contributed by atoms with E-state index >= 15 is 0 Å². The first-order valence-corrected chi connectivity index (χ1v) is 4.68. The maximum Gasteiger partial charge on any atom is 0.418 e. The van der Waals surface area contributed by atoms with Gasteiger partial charge in [0.1, 0.15) is 0 Å². The predicted octanol–water partition coefficient (Wildman–Crippen LogP) is 5.40. The van der Waals surface area contributed by atoms with Gasteiger partial charge in [0.2, 0.25) is 0 Å². The molecule has 1 aromatic rings. The Morgan fingerprint density at radius 3 is 1.32 bits per heavy atom. The van der Waals surface area contributed by atoms with E-state index in [4.69, 9.17) is 11.6 Å². The Kier molecular flexibility index (Phi) is 3.74. The molecule has 0 heterocycles. The summed E-state index contributed by atoms with van der Waals surface area (Å²) >= 11 is 4.85. The first-order valence-electron chi connectivity index (χ1n) is 4.30. The lowest BCUT2D eigenvalue weighted by Crippen LogP contribution is -2.19. The number of rotatable bonds is 0. The molecule has 19 heavy (non-hydrogen) atoms. The molecule has 0 aliphatic heterocycles. The fourth-order valence-electron chi connectivity index (χ4n) is 1.31. The molecular formula is C9H2ClF9. The Morgan fingerprint density at radius 1 is 0.632 bits per heavy atom. The Bertz CT molecular complexity index is 480. The first kappa shape index (κ1) is 15.9. The molecule has 0 saturated heterocycles. The van der Waals surface area contributed by atoms with Crippen LogP contribution in [0.2, 0.25) is 5.02 Å². The molecule has 0 spiro atoms. The van der Waals surface area contributed by atoms with Crippen molar-refractivity contribution >= 4 is 11.6 Å². The number of benzene rings is 1. The van der Waals surface area contributed by atoms with Gasteiger partial charge in [-0.05, 0) is 12.1 Å². The Balaban J connectivity index is 3.71. The Morgan fingerprint density at radius 2 is 1.00 bits per heavy atom. The van der Waals surface area contributed by atoms with Gasteiger partial charge in [0.25, 0.3) is 0 Å². The zero-order valence-corrected chi connectivity index (χ0v) is 9.19. The van der Waals surface area contributed by atoms with E-state index in [0.29, 0.717) is 0 Å². The summed E-state index contributed by atoms with van der Waals surface area (Å²) in [4.78, 5) is 0. The molecule has 0 N–H and O–H groups in total. The largest absolute Gasteiger partial charge is 0.418 e. The third-order valence-electron chi connectivity index (χ3n) is 2.04. The van der Waals surface area contributed by atoms with Crippen LogP contribution in [0.15, 0.2) is 12.1 Å². The summed E-state index contributed by atoms with van der Waals surface area (Å²) in [5, 5.41) is -2.02. The summed E-state index contributed by atoms with van der Waals surface area (Å²) in [5.74, 6) is 0. The van der Waals surface area contributed by atoms with Crippen LogP contribution in [-0.2, 0) is 18.5 Å². The van der Waals surface area contributed by atoms with Gasteiger partial charge in [-0.3, -0.25) is 0 Å². The number of hydrogen-bond acceptors (Lipinski definition) is 0. The van der Waals surface area contributed by atoms with Crippen molar-refractivity contribution in [3.8, 4) is 0 Å². The summed E-state index contributed by atoms with van der Waals surface area (Å²) in [7, 11) is 0. The second-order valence-electron chi connectivity index (χ2n) is 3.34. The fourth-order valence-corrected chi connectivity index (χ4v) is 1.69. The van der Waals surface area contributed by atoms with Gasteiger partial charge >= 0.3 is 18.5 Å². The van der Waals surface area contributed by atoms with Crippen LogP contribution in [-0.4, -0.2) is 0 Å². The molecule has 0 atom stereocenters. The zero-order valence-electron chi connectivity index (χ0n) is 8.43. The van der Waals surface area contributed by atoms with Crippen LogP contribution in [0.25, 0.3) is 0 Å². The second-order valence-corrected chi connectivity index (χ2v) is 3.72. The minimum absolute atomic E-state index is 0.138. The lowest BCUT2D eigenvalue weighted by molar-refractivity contribution is -0.163. The molecule has 0 saturated carbocycles. The average molecular weight is 317 g/mol. The van der Waals surface area contributed by atoms with Crippen molar-refractivity contribution in [1.82, 2.24) is 0 Å². The quantitative estimate of drug-likeness (QED) is 0.562. The summed E-state index contributed by atoms with van der Waals surface area (Å²) in [5.41, 5.74) is -6.79. The van der Waals surface area contributed by atoms with Crippen LogP contribution < -0.4 is 0 Å². The maximum atomic E-state index is 12.5. The predicted molar refractivity (Wildman–Crippen MR) is 46.5 cm³/mol. The highest BCUT2D eigenvalue weighted by Gasteiger charge is 2.47. The first-order chi connectivity index (χ1) is 8.26. The van der Waals surface area contributed by atoms with Crippen LogP contribution in [0.1, 0.15) is 16.7 Å². The number of alkyl halides is 9. The van der Waals surface area contributed by atoms with Crippen LogP contribution in [0.3, 0.4) is 0 Å². The standard InChI is InChI=1S/C9H2ClF9/c10-6-4(8(14,15)16)2-1-3(7(11,12)13)5(6)9(17,18)19/h1-2H. The highest BCUT2D eigenvalue weighted by Crippen LogP contribution is 2.47. The summed E-state index contributed by atoms with van der Waals surface area (Å²) < 4.78 is 111. The highest BCUT2D eigenvalue weighted by molar-refractivity contribution is 6.32. The smallest absolute Gasteiger partial charge is 0.166 e. The molecule has 0 nitrogen and oxygen atoms in total. The van der Waals surface area contributed by atoms with E-state index in [0.717, 1.165) is 0 Å². The van der Waals surface area contributed by atoms with Crippen LogP contribution >= 0.6 is 11.6 Å². The maximum absolute atomic E-state index is 12.5. The molecule has 0 bridgehead atoms. The normalized spacial score (nSPS) is 13.8. The minimum Gasteiger partial charge on any atom is -0.166 e. The van der Waals surface area contributed by atoms with E-state index in [9.17, 15) is 39.5 Å². The molecule has 0 radical (unpaired) electrons. The van der Waals surface area contributed by atoms with E-state index in [1.807, 2.05) is 0 Å². The SMILES string of the molecule is FC(F)(F)c1ccc(C(F)(F)F)c(C(F)(F)F)c1Cl. The van der Waals surface area contributed by atoms with E-state index in [1.165, 1.54) is 0 Å². The highest BCUT2D eigenvalue weighted by atomic mass is 35.5. The van der Waals surface area contributed by atoms with Gasteiger partial charge in [-0.2, -0.15) is 39.5 Å². The summed E-state index contributed by atoms with van der Waals surface area (Å²) in [6.45, 7) is 0. The van der Waals surface area contributed by atoms with Gasteiger partial charge in [-0.15, -0.1) is 0 Å². The van der Waals surface area contributed by atoms with Crippen molar-refractivity contribution in [2.45, 2.75) is 18.5 Å². The van der Waals surface area contributed by atoms with E-state index in [1.54, 1.807) is 0 Å². The molecule has 0 amide bonds. The minimum atomic E-state index is -5.66. The van der Waals surface area contributed by atoms with Crippen molar-refractivity contribution in [2.24, 2.45) is 0 Å². The van der Waals surface area contributed by atoms with Crippen LogP contribution in [0, 0.1) is 0 Å².